The van der Waals surface area contributed by atoms with E-state index < -0.39 is 5.60 Å². The molecule has 2 aromatic rings. The fraction of sp³-hybridized carbons (Fsp3) is 0.500. The van der Waals surface area contributed by atoms with Crippen molar-refractivity contribution in [1.82, 2.24) is 19.9 Å². The molecule has 0 bridgehead atoms. The first-order valence-electron chi connectivity index (χ1n) is 6.88. The number of nitrogens with zero attached hydrogens (tertiary/aromatic N) is 4. The molecule has 3 rings (SSSR count). The minimum Gasteiger partial charge on any atom is -0.387 e. The van der Waals surface area contributed by atoms with Crippen molar-refractivity contribution in [2.45, 2.75) is 32.0 Å². The lowest BCUT2D eigenvalue weighted by Crippen LogP contribution is -2.62. The second kappa shape index (κ2) is 4.96. The maximum Gasteiger partial charge on any atom is 0.278 e. The zero-order valence-corrected chi connectivity index (χ0v) is 11.5. The summed E-state index contributed by atoms with van der Waals surface area (Å²) in [5, 5.41) is 18.7. The monoisotopic (exact) mass is 274 g/mol. The number of aromatic nitrogens is 3. The zero-order chi connectivity index (χ0) is 14.2. The molecule has 20 heavy (non-hydrogen) atoms. The lowest BCUT2D eigenvalue weighted by molar-refractivity contribution is -0.117. The van der Waals surface area contributed by atoms with Gasteiger partial charge in [-0.2, -0.15) is 4.68 Å². The van der Waals surface area contributed by atoms with Gasteiger partial charge in [-0.3, -0.25) is 9.69 Å². The van der Waals surface area contributed by atoms with E-state index >= 15 is 0 Å². The molecule has 1 N–H and O–H groups in total. The number of likely N-dealkylation sites (tertiary alicyclic amines) is 1. The third-order valence-electron chi connectivity index (χ3n) is 3.71. The molecular weight excluding hydrogens is 256 g/mol. The van der Waals surface area contributed by atoms with Gasteiger partial charge in [0.25, 0.3) is 5.56 Å². The minimum atomic E-state index is -0.595. The molecule has 1 saturated heterocycles. The van der Waals surface area contributed by atoms with Crippen molar-refractivity contribution < 1.29 is 5.11 Å². The molecule has 0 amide bonds. The number of β-amino-alcohol motifs (C(OH)–C–C–N with tert-alkyl or cyclic N) is 1. The van der Waals surface area contributed by atoms with Crippen molar-refractivity contribution in [2.75, 3.05) is 13.1 Å². The first kappa shape index (κ1) is 13.2. The Morgan fingerprint density at radius 2 is 2.10 bits per heavy atom. The van der Waals surface area contributed by atoms with Gasteiger partial charge in [0, 0.05) is 13.1 Å². The van der Waals surface area contributed by atoms with Gasteiger partial charge in [0.05, 0.1) is 17.7 Å². The maximum atomic E-state index is 12.3. The summed E-state index contributed by atoms with van der Waals surface area (Å²) < 4.78 is 1.36. The number of hydrogen-bond donors (Lipinski definition) is 1. The van der Waals surface area contributed by atoms with E-state index in [1.54, 1.807) is 12.1 Å². The molecule has 0 saturated carbocycles. The lowest BCUT2D eigenvalue weighted by atomic mass is 9.90. The minimum absolute atomic E-state index is 0.137. The van der Waals surface area contributed by atoms with E-state index in [4.69, 9.17) is 0 Å². The average Bonchev–Trinajstić information content (AvgIpc) is 2.41. The summed E-state index contributed by atoms with van der Waals surface area (Å²) in [5.41, 5.74) is -0.121. The fourth-order valence-corrected chi connectivity index (χ4v) is 2.82. The Labute approximate surface area is 116 Å². The smallest absolute Gasteiger partial charge is 0.278 e. The lowest BCUT2D eigenvalue weighted by Gasteiger charge is -2.46. The highest BCUT2D eigenvalue weighted by Gasteiger charge is 2.40. The molecule has 0 spiro atoms. The molecular formula is C14H18N4O2. The molecule has 0 atom stereocenters. The highest BCUT2D eigenvalue weighted by molar-refractivity contribution is 5.76. The summed E-state index contributed by atoms with van der Waals surface area (Å²) in [4.78, 5) is 14.3. The maximum absolute atomic E-state index is 12.3. The van der Waals surface area contributed by atoms with Crippen LogP contribution in [-0.4, -0.2) is 43.7 Å². The standard InChI is InChI=1S/C14H18N4O2/c1-2-7-14(20)8-17(9-14)10-18-13(19)11-5-3-4-6-12(11)15-16-18/h3-6,20H,2,7-10H2,1H3. The molecule has 0 unspecified atom stereocenters. The van der Waals surface area contributed by atoms with Crippen LogP contribution in [0.2, 0.25) is 0 Å². The Bertz CT molecular complexity index is 676. The molecule has 1 aliphatic heterocycles. The average molecular weight is 274 g/mol. The van der Waals surface area contributed by atoms with Crippen molar-refractivity contribution in [3.05, 3.63) is 34.6 Å². The van der Waals surface area contributed by atoms with Crippen LogP contribution in [0.1, 0.15) is 19.8 Å². The molecule has 0 radical (unpaired) electrons. The van der Waals surface area contributed by atoms with Crippen molar-refractivity contribution in [3.8, 4) is 0 Å². The number of benzene rings is 1. The molecule has 6 nitrogen and oxygen atoms in total. The number of rotatable bonds is 4. The van der Waals surface area contributed by atoms with Gasteiger partial charge < -0.3 is 5.11 Å². The van der Waals surface area contributed by atoms with Crippen molar-refractivity contribution in [1.29, 1.82) is 0 Å². The van der Waals surface area contributed by atoms with Crippen LogP contribution in [0.5, 0.6) is 0 Å². The summed E-state index contributed by atoms with van der Waals surface area (Å²) in [7, 11) is 0. The second-order valence-corrected chi connectivity index (χ2v) is 5.51. The Hall–Kier alpha value is -1.79. The predicted molar refractivity (Wildman–Crippen MR) is 75.2 cm³/mol. The third-order valence-corrected chi connectivity index (χ3v) is 3.71. The van der Waals surface area contributed by atoms with Crippen LogP contribution in [0.4, 0.5) is 0 Å². The van der Waals surface area contributed by atoms with Crippen LogP contribution in [0.3, 0.4) is 0 Å². The summed E-state index contributed by atoms with van der Waals surface area (Å²) in [6, 6.07) is 7.19. The van der Waals surface area contributed by atoms with Gasteiger partial charge in [-0.1, -0.05) is 30.7 Å². The van der Waals surface area contributed by atoms with E-state index in [1.165, 1.54) is 4.68 Å². The van der Waals surface area contributed by atoms with Crippen LogP contribution in [-0.2, 0) is 6.67 Å². The Kier molecular flexibility index (Phi) is 3.27. The topological polar surface area (TPSA) is 71.2 Å². The molecule has 2 heterocycles. The molecule has 1 aromatic carbocycles. The second-order valence-electron chi connectivity index (χ2n) is 5.51. The third kappa shape index (κ3) is 2.32. The number of fused-ring (bicyclic) bond motifs is 1. The van der Waals surface area contributed by atoms with Gasteiger partial charge in [0.2, 0.25) is 0 Å². The van der Waals surface area contributed by atoms with Gasteiger partial charge in [-0.15, -0.1) is 5.10 Å². The first-order chi connectivity index (χ1) is 9.61. The van der Waals surface area contributed by atoms with Gasteiger partial charge in [-0.05, 0) is 18.6 Å². The molecule has 1 aromatic heterocycles. The Morgan fingerprint density at radius 1 is 1.35 bits per heavy atom. The van der Waals surface area contributed by atoms with Gasteiger partial charge in [0.1, 0.15) is 5.52 Å². The van der Waals surface area contributed by atoms with Gasteiger partial charge in [0.15, 0.2) is 0 Å². The summed E-state index contributed by atoms with van der Waals surface area (Å²) in [5.74, 6) is 0. The molecule has 106 valence electrons. The van der Waals surface area contributed by atoms with Crippen LogP contribution < -0.4 is 5.56 Å². The molecule has 1 aliphatic rings. The molecule has 0 aliphatic carbocycles. The van der Waals surface area contributed by atoms with E-state index in [2.05, 4.69) is 17.2 Å². The number of aliphatic hydroxyl groups is 1. The summed E-state index contributed by atoms with van der Waals surface area (Å²) in [6.45, 7) is 3.60. The van der Waals surface area contributed by atoms with Crippen LogP contribution in [0, 0.1) is 0 Å². The molecule has 1 fully saturated rings. The van der Waals surface area contributed by atoms with Crippen LogP contribution >= 0.6 is 0 Å². The van der Waals surface area contributed by atoms with E-state index in [-0.39, 0.29) is 5.56 Å². The SMILES string of the molecule is CCCC1(O)CN(Cn2nnc3ccccc3c2=O)C1. The van der Waals surface area contributed by atoms with Gasteiger partial charge in [-0.25, -0.2) is 0 Å². The largest absolute Gasteiger partial charge is 0.387 e. The highest BCUT2D eigenvalue weighted by Crippen LogP contribution is 2.25. The van der Waals surface area contributed by atoms with Crippen molar-refractivity contribution in [2.24, 2.45) is 0 Å². The zero-order valence-electron chi connectivity index (χ0n) is 11.5. The normalized spacial score (nSPS) is 18.1. The Balaban J connectivity index is 1.77. The first-order valence-corrected chi connectivity index (χ1v) is 6.88. The summed E-state index contributed by atoms with van der Waals surface area (Å²) >= 11 is 0. The van der Waals surface area contributed by atoms with Gasteiger partial charge >= 0.3 is 0 Å². The fourth-order valence-electron chi connectivity index (χ4n) is 2.82. The predicted octanol–water partition coefficient (Wildman–Crippen LogP) is 0.596. The summed E-state index contributed by atoms with van der Waals surface area (Å²) in [6.07, 6.45) is 1.75. The van der Waals surface area contributed by atoms with E-state index in [0.717, 1.165) is 12.8 Å². The quantitative estimate of drug-likeness (QED) is 0.884. The van der Waals surface area contributed by atoms with Crippen LogP contribution in [0.15, 0.2) is 29.1 Å². The Morgan fingerprint density at radius 3 is 2.85 bits per heavy atom. The van der Waals surface area contributed by atoms with Crippen LogP contribution in [0.25, 0.3) is 10.9 Å². The highest BCUT2D eigenvalue weighted by atomic mass is 16.3. The molecule has 6 heteroatoms. The number of hydrogen-bond acceptors (Lipinski definition) is 5. The van der Waals surface area contributed by atoms with E-state index in [9.17, 15) is 9.90 Å². The van der Waals surface area contributed by atoms with Crippen molar-refractivity contribution in [3.63, 3.8) is 0 Å². The van der Waals surface area contributed by atoms with Crippen molar-refractivity contribution >= 4 is 10.9 Å². The van der Waals surface area contributed by atoms with E-state index in [1.807, 2.05) is 17.0 Å². The van der Waals surface area contributed by atoms with E-state index in [0.29, 0.717) is 30.7 Å².